The molecule has 31 heavy (non-hydrogen) atoms. The number of halogens is 3. The average Bonchev–Trinajstić information content (AvgIpc) is 2.67. The topological polar surface area (TPSA) is 74.7 Å². The molecule has 2 bridgehead atoms. The first kappa shape index (κ1) is 23.3. The molecule has 2 aromatic rings. The van der Waals surface area contributed by atoms with E-state index in [2.05, 4.69) is 0 Å². The summed E-state index contributed by atoms with van der Waals surface area (Å²) in [5.74, 6) is -0.890. The number of carboxylic acid groups (broad SMARTS) is 1. The van der Waals surface area contributed by atoms with Crippen molar-refractivity contribution in [3.8, 4) is 11.1 Å². The van der Waals surface area contributed by atoms with Crippen molar-refractivity contribution in [2.75, 3.05) is 12.8 Å². The molecular weight excluding hydrogens is 431 g/mol. The summed E-state index contributed by atoms with van der Waals surface area (Å²) in [7, 11) is -3.78. The van der Waals surface area contributed by atoms with E-state index in [-0.39, 0.29) is 24.1 Å². The van der Waals surface area contributed by atoms with Gasteiger partial charge in [-0.25, -0.2) is 8.42 Å². The zero-order chi connectivity index (χ0) is 22.8. The summed E-state index contributed by atoms with van der Waals surface area (Å²) in [6.07, 6.45) is -1.40. The fraction of sp³-hybridized carbons (Fsp3) is 0.409. The van der Waals surface area contributed by atoms with E-state index in [1.807, 2.05) is 0 Å². The van der Waals surface area contributed by atoms with Gasteiger partial charge in [0.2, 0.25) is 10.0 Å². The number of carbonyl (C=O) groups is 1. The molecule has 0 spiro atoms. The minimum absolute atomic E-state index is 0.00694. The number of aliphatic carboxylic acids is 1. The molecule has 0 aromatic heterocycles. The molecule has 168 valence electrons. The van der Waals surface area contributed by atoms with Gasteiger partial charge in [-0.15, -0.1) is 0 Å². The van der Waals surface area contributed by atoms with E-state index in [1.165, 1.54) is 6.07 Å². The average molecular weight is 455 g/mol. The van der Waals surface area contributed by atoms with Crippen LogP contribution in [-0.2, 0) is 21.0 Å². The second kappa shape index (κ2) is 9.00. The molecule has 0 amide bonds. The molecule has 0 saturated carbocycles. The van der Waals surface area contributed by atoms with Crippen molar-refractivity contribution < 1.29 is 31.5 Å². The van der Waals surface area contributed by atoms with Gasteiger partial charge in [-0.1, -0.05) is 55.3 Å². The highest BCUT2D eigenvalue weighted by molar-refractivity contribution is 7.88. The maximum Gasteiger partial charge on any atom is 0.417 e. The van der Waals surface area contributed by atoms with Crippen LogP contribution in [0.4, 0.5) is 13.2 Å². The van der Waals surface area contributed by atoms with Gasteiger partial charge >= 0.3 is 12.1 Å². The second-order valence-corrected chi connectivity index (χ2v) is 9.62. The highest BCUT2D eigenvalue weighted by Gasteiger charge is 2.50. The van der Waals surface area contributed by atoms with Crippen molar-refractivity contribution in [3.05, 3.63) is 59.2 Å². The maximum absolute atomic E-state index is 13.8. The standard InChI is InChI=1S/C22H24F3NO4S/c1-31(29,30)26(14-8-3-2-7-11-18(27)28)21-17-13-12-16(15-9-5-4-6-10-15)19(21)20(17)22(23,24)25/h4-6,9-10,12-13,21H,2-3,7-8,11,14H2,1H3,(H,27,28). The van der Waals surface area contributed by atoms with Gasteiger partial charge in [0.1, 0.15) is 0 Å². The molecule has 0 saturated heterocycles. The lowest BCUT2D eigenvalue weighted by Gasteiger charge is -2.42. The molecule has 9 heteroatoms. The zero-order valence-electron chi connectivity index (χ0n) is 17.0. The Morgan fingerprint density at radius 2 is 1.68 bits per heavy atom. The highest BCUT2D eigenvalue weighted by atomic mass is 32.2. The monoisotopic (exact) mass is 455 g/mol. The number of fused-ring (bicyclic) bond motifs is 2. The van der Waals surface area contributed by atoms with Crippen LogP contribution >= 0.6 is 0 Å². The van der Waals surface area contributed by atoms with E-state index in [4.69, 9.17) is 5.11 Å². The fourth-order valence-corrected chi connectivity index (χ4v) is 5.16. The van der Waals surface area contributed by atoms with Gasteiger partial charge < -0.3 is 5.11 Å². The summed E-state index contributed by atoms with van der Waals surface area (Å²) in [6, 6.07) is 10.6. The molecule has 2 aromatic carbocycles. The second-order valence-electron chi connectivity index (χ2n) is 7.69. The van der Waals surface area contributed by atoms with Gasteiger partial charge in [0.25, 0.3) is 0 Å². The quantitative estimate of drug-likeness (QED) is 0.508. The number of benzene rings is 2. The molecule has 1 unspecified atom stereocenters. The van der Waals surface area contributed by atoms with Crippen LogP contribution in [0.15, 0.2) is 42.5 Å². The summed E-state index contributed by atoms with van der Waals surface area (Å²) < 4.78 is 67.4. The maximum atomic E-state index is 13.8. The molecule has 2 aliphatic carbocycles. The highest BCUT2D eigenvalue weighted by Crippen LogP contribution is 2.55. The van der Waals surface area contributed by atoms with Crippen LogP contribution < -0.4 is 0 Å². The number of alkyl halides is 3. The number of rotatable bonds is 10. The Morgan fingerprint density at radius 1 is 1.03 bits per heavy atom. The largest absolute Gasteiger partial charge is 0.481 e. The summed E-state index contributed by atoms with van der Waals surface area (Å²) in [6.45, 7) is 0.0740. The van der Waals surface area contributed by atoms with Crippen molar-refractivity contribution in [2.45, 2.75) is 44.3 Å². The lowest BCUT2D eigenvalue weighted by Crippen LogP contribution is -2.42. The number of nitrogens with zero attached hydrogens (tertiary/aromatic N) is 1. The Labute approximate surface area is 179 Å². The smallest absolute Gasteiger partial charge is 0.417 e. The first-order valence-corrected chi connectivity index (χ1v) is 11.8. The van der Waals surface area contributed by atoms with Gasteiger partial charge in [-0.3, -0.25) is 4.79 Å². The molecule has 0 fully saturated rings. The van der Waals surface area contributed by atoms with E-state index in [9.17, 15) is 26.4 Å². The van der Waals surface area contributed by atoms with Crippen molar-refractivity contribution in [2.24, 2.45) is 0 Å². The number of hydrogen-bond acceptors (Lipinski definition) is 3. The van der Waals surface area contributed by atoms with Crippen LogP contribution in [0.2, 0.25) is 0 Å². The number of unbranched alkanes of at least 4 members (excludes halogenated alkanes) is 3. The number of carboxylic acids is 1. The first-order chi connectivity index (χ1) is 14.5. The van der Waals surface area contributed by atoms with Crippen LogP contribution in [0.1, 0.15) is 54.8 Å². The molecule has 4 rings (SSSR count). The minimum Gasteiger partial charge on any atom is -0.481 e. The summed E-state index contributed by atoms with van der Waals surface area (Å²) in [4.78, 5) is 10.6. The fourth-order valence-electron chi connectivity index (χ4n) is 4.09. The number of hydrogen-bond donors (Lipinski definition) is 1. The van der Waals surface area contributed by atoms with E-state index in [1.54, 1.807) is 36.4 Å². The third-order valence-electron chi connectivity index (χ3n) is 5.45. The normalized spacial score (nSPS) is 15.7. The van der Waals surface area contributed by atoms with Gasteiger partial charge in [-0.05, 0) is 35.1 Å². The molecule has 0 aliphatic heterocycles. The van der Waals surface area contributed by atoms with Crippen molar-refractivity contribution in [1.29, 1.82) is 0 Å². The predicted molar refractivity (Wildman–Crippen MR) is 111 cm³/mol. The Balaban J connectivity index is 1.88. The Morgan fingerprint density at radius 3 is 2.26 bits per heavy atom. The molecular formula is C22H24F3NO4S. The Hall–Kier alpha value is -2.39. The lowest BCUT2D eigenvalue weighted by molar-refractivity contribution is -0.142. The van der Waals surface area contributed by atoms with Gasteiger partial charge in [0.05, 0.1) is 17.9 Å². The molecule has 0 radical (unpaired) electrons. The van der Waals surface area contributed by atoms with E-state index >= 15 is 0 Å². The lowest BCUT2D eigenvalue weighted by atomic mass is 9.74. The van der Waals surface area contributed by atoms with E-state index in [0.29, 0.717) is 36.8 Å². The van der Waals surface area contributed by atoms with Crippen LogP contribution in [0.25, 0.3) is 11.1 Å². The van der Waals surface area contributed by atoms with Crippen molar-refractivity contribution in [3.63, 3.8) is 0 Å². The van der Waals surface area contributed by atoms with Gasteiger partial charge in [-0.2, -0.15) is 17.5 Å². The summed E-state index contributed by atoms with van der Waals surface area (Å²) >= 11 is 0. The predicted octanol–water partition coefficient (Wildman–Crippen LogP) is 5.07. The molecule has 0 heterocycles. The van der Waals surface area contributed by atoms with Gasteiger partial charge in [0.15, 0.2) is 0 Å². The molecule has 2 aliphatic rings. The summed E-state index contributed by atoms with van der Waals surface area (Å²) in [5, 5.41) is 8.68. The van der Waals surface area contributed by atoms with E-state index < -0.39 is 33.8 Å². The van der Waals surface area contributed by atoms with Crippen LogP contribution in [0.5, 0.6) is 0 Å². The Kier molecular flexibility index (Phi) is 6.76. The zero-order valence-corrected chi connectivity index (χ0v) is 17.8. The van der Waals surface area contributed by atoms with Crippen molar-refractivity contribution in [1.82, 2.24) is 4.31 Å². The Bertz CT molecular complexity index is 1050. The van der Waals surface area contributed by atoms with Crippen molar-refractivity contribution >= 4 is 16.0 Å². The molecule has 1 atom stereocenters. The van der Waals surface area contributed by atoms with Gasteiger partial charge in [0, 0.05) is 13.0 Å². The van der Waals surface area contributed by atoms with Crippen LogP contribution in [-0.4, -0.2) is 36.6 Å². The first-order valence-electron chi connectivity index (χ1n) is 10.00. The van der Waals surface area contributed by atoms with Crippen LogP contribution in [0.3, 0.4) is 0 Å². The molecule has 1 N–H and O–H groups in total. The molecule has 5 nitrogen and oxygen atoms in total. The number of sulfonamides is 1. The third-order valence-corrected chi connectivity index (χ3v) is 6.69. The third kappa shape index (κ3) is 5.10. The SMILES string of the molecule is CS(=O)(=O)N(CCCCCCC(=O)O)C1c2ccc(-c3ccccc3)c1c2C(F)(F)F. The van der Waals surface area contributed by atoms with E-state index in [0.717, 1.165) is 10.6 Å². The minimum atomic E-state index is -4.58. The van der Waals surface area contributed by atoms with Crippen LogP contribution in [0, 0.1) is 0 Å². The summed E-state index contributed by atoms with van der Waals surface area (Å²) in [5.41, 5.74) is 0.185.